The molecule has 4 aliphatic rings. The van der Waals surface area contributed by atoms with Crippen molar-refractivity contribution in [3.63, 3.8) is 0 Å². The highest BCUT2D eigenvalue weighted by atomic mass is 35.5. The van der Waals surface area contributed by atoms with Gasteiger partial charge in [0, 0.05) is 22.8 Å². The second-order valence-electron chi connectivity index (χ2n) is 8.43. The van der Waals surface area contributed by atoms with Crippen molar-refractivity contribution in [3.8, 4) is 5.75 Å². The van der Waals surface area contributed by atoms with Gasteiger partial charge in [-0.1, -0.05) is 29.3 Å². The van der Waals surface area contributed by atoms with Gasteiger partial charge in [0.15, 0.2) is 18.2 Å². The van der Waals surface area contributed by atoms with Crippen LogP contribution in [0.2, 0.25) is 10.0 Å². The van der Waals surface area contributed by atoms with E-state index in [1.807, 2.05) is 0 Å². The second-order valence-corrected chi connectivity index (χ2v) is 12.8. The first-order chi connectivity index (χ1) is 15.3. The number of nitrogens with zero attached hydrogens (tertiary/aromatic N) is 1. The van der Waals surface area contributed by atoms with Crippen molar-refractivity contribution in [3.05, 3.63) is 69.3 Å². The highest BCUT2D eigenvalue weighted by molar-refractivity contribution is 8.43. The maximum atomic E-state index is 14.9. The Hall–Kier alpha value is -2.35. The summed E-state index contributed by atoms with van der Waals surface area (Å²) in [5.74, 6) is -0.782. The van der Waals surface area contributed by atoms with Gasteiger partial charge in [-0.05, 0) is 41.5 Å². The molecule has 3 saturated heterocycles. The average molecular weight is 492 g/mol. The second kappa shape index (κ2) is 6.83. The molecule has 0 radical (unpaired) electrons. The Balaban J connectivity index is 1.19. The zero-order valence-corrected chi connectivity index (χ0v) is 18.8. The molecule has 9 heteroatoms. The summed E-state index contributed by atoms with van der Waals surface area (Å²) in [6.45, 7) is -0.330. The number of allylic oxidation sites excluding steroid dienone is 1. The van der Waals surface area contributed by atoms with E-state index in [-0.39, 0.29) is 57.7 Å². The van der Waals surface area contributed by atoms with E-state index in [2.05, 4.69) is 11.5 Å². The number of ketones is 1. The molecule has 4 heterocycles. The van der Waals surface area contributed by atoms with Crippen LogP contribution in [0.3, 0.4) is 0 Å². The Bertz CT molecular complexity index is 1270. The fourth-order valence-corrected chi connectivity index (χ4v) is 10.5. The van der Waals surface area contributed by atoms with Gasteiger partial charge in [0.25, 0.3) is 0 Å². The lowest BCUT2D eigenvalue weighted by molar-refractivity contribution is -0.122. The van der Waals surface area contributed by atoms with Crippen LogP contribution in [0, 0.1) is 17.7 Å². The lowest BCUT2D eigenvalue weighted by Gasteiger charge is -2.24. The van der Waals surface area contributed by atoms with Crippen LogP contribution >= 0.6 is 33.2 Å². The van der Waals surface area contributed by atoms with Gasteiger partial charge in [-0.3, -0.25) is 14.4 Å². The van der Waals surface area contributed by atoms with Gasteiger partial charge in [0.05, 0.1) is 26.9 Å². The summed E-state index contributed by atoms with van der Waals surface area (Å²) in [5, 5.41) is 2.92. The molecule has 0 aliphatic carbocycles. The lowest BCUT2D eigenvalue weighted by Crippen LogP contribution is -2.33. The van der Waals surface area contributed by atoms with Crippen LogP contribution < -0.4 is 9.64 Å². The van der Waals surface area contributed by atoms with Crippen molar-refractivity contribution >= 4 is 56.5 Å². The maximum absolute atomic E-state index is 14.9. The molecule has 6 rings (SSSR count). The topological polar surface area (TPSA) is 63.7 Å². The molecular weight excluding hydrogens is 476 g/mol. The fraction of sp³-hybridized carbons (Fsp3) is 0.261. The maximum Gasteiger partial charge on any atom is 0.246 e. The predicted molar refractivity (Wildman–Crippen MR) is 121 cm³/mol. The van der Waals surface area contributed by atoms with Crippen molar-refractivity contribution in [2.75, 3.05) is 17.3 Å². The van der Waals surface area contributed by atoms with Crippen LogP contribution in [-0.4, -0.2) is 40.5 Å². The zero-order valence-electron chi connectivity index (χ0n) is 16.5. The number of rotatable bonds is 5. The predicted octanol–water partition coefficient (Wildman–Crippen LogP) is 4.60. The Morgan fingerprint density at radius 2 is 1.94 bits per heavy atom. The fourth-order valence-electron chi connectivity index (χ4n) is 5.29. The quantitative estimate of drug-likeness (QED) is 0.348. The molecule has 4 aliphatic heterocycles. The average Bonchev–Trinajstić information content (AvgIpc) is 3.14. The Morgan fingerprint density at radius 3 is 2.62 bits per heavy atom. The largest absolute Gasteiger partial charge is 0.485 e. The van der Waals surface area contributed by atoms with Crippen LogP contribution in [0.15, 0.2) is 47.9 Å². The first-order valence-corrected chi connectivity index (χ1v) is 12.8. The molecule has 164 valence electrons. The number of carbonyl (C=O) groups is 3. The summed E-state index contributed by atoms with van der Waals surface area (Å²) in [6.07, 6.45) is 2.08. The van der Waals surface area contributed by atoms with Crippen LogP contribution in [0.25, 0.3) is 0 Å². The van der Waals surface area contributed by atoms with E-state index in [0.29, 0.717) is 15.8 Å². The van der Waals surface area contributed by atoms with E-state index in [0.717, 1.165) is 16.7 Å². The van der Waals surface area contributed by atoms with Gasteiger partial charge in [0.2, 0.25) is 11.8 Å². The number of halogens is 3. The first-order valence-electron chi connectivity index (χ1n) is 10.1. The van der Waals surface area contributed by atoms with Crippen molar-refractivity contribution in [1.82, 2.24) is 0 Å². The molecule has 0 aromatic heterocycles. The molecule has 3 fully saturated rings. The molecule has 2 amide bonds. The molecule has 5 unspecified atom stereocenters. The Labute approximate surface area is 194 Å². The zero-order chi connectivity index (χ0) is 22.4. The number of carbonyl (C=O) groups excluding carboxylic acids is 3. The molecule has 32 heavy (non-hydrogen) atoms. The molecule has 0 N–H and O–H groups in total. The van der Waals surface area contributed by atoms with E-state index < -0.39 is 15.8 Å². The number of fused-ring (bicyclic) bond motifs is 2. The molecule has 0 spiro atoms. The molecule has 2 aromatic rings. The van der Waals surface area contributed by atoms with Crippen molar-refractivity contribution in [1.29, 1.82) is 0 Å². The highest BCUT2D eigenvalue weighted by Gasteiger charge is 2.75. The third-order valence-corrected chi connectivity index (χ3v) is 11.8. The van der Waals surface area contributed by atoms with Gasteiger partial charge in [-0.2, -0.15) is 0 Å². The van der Waals surface area contributed by atoms with E-state index >= 15 is 0 Å². The van der Waals surface area contributed by atoms with Crippen LogP contribution in [0.5, 0.6) is 5.75 Å². The van der Waals surface area contributed by atoms with E-state index in [4.69, 9.17) is 27.9 Å². The molecule has 5 atom stereocenters. The van der Waals surface area contributed by atoms with Gasteiger partial charge < -0.3 is 4.74 Å². The van der Waals surface area contributed by atoms with Crippen LogP contribution in [0.1, 0.15) is 10.4 Å². The lowest BCUT2D eigenvalue weighted by atomic mass is 9.88. The number of Topliss-reactive ketones (excluding diaryl/α,β-unsaturated/α-hetero) is 1. The monoisotopic (exact) mass is 491 g/mol. The normalized spacial score (nSPS) is 33.2. The number of benzene rings is 2. The molecular formula is C23H16Cl2FNO4S. The summed E-state index contributed by atoms with van der Waals surface area (Å²) in [5.41, 5.74) is 0.254. The summed E-state index contributed by atoms with van der Waals surface area (Å²) >= 11 is 11.8. The van der Waals surface area contributed by atoms with Crippen molar-refractivity contribution in [2.24, 2.45) is 11.8 Å². The summed E-state index contributed by atoms with van der Waals surface area (Å²) in [4.78, 5) is 39.5. The van der Waals surface area contributed by atoms with Crippen LogP contribution in [-0.2, 0) is 9.59 Å². The number of imide groups is 1. The number of amides is 2. The standard InChI is InChI=1S/C23H16Cl2FNO4S/c24-14-3-1-11(7-15(14)25)18(28)9-31-12-2-4-17(16(26)8-12)27-22(29)20-13-5-6-32(10-19(13)32)21(20)23(27)30/h1-8,13,19-21H,9-10H2. The first kappa shape index (κ1) is 20.3. The van der Waals surface area contributed by atoms with E-state index in [1.165, 1.54) is 30.3 Å². The number of ether oxygens (including phenoxy) is 1. The molecule has 2 aromatic carbocycles. The highest BCUT2D eigenvalue weighted by Crippen LogP contribution is 2.86. The minimum absolute atomic E-state index is 0.0649. The minimum Gasteiger partial charge on any atom is -0.485 e. The smallest absolute Gasteiger partial charge is 0.246 e. The van der Waals surface area contributed by atoms with Crippen molar-refractivity contribution in [2.45, 2.75) is 10.5 Å². The Kier molecular flexibility index (Phi) is 4.32. The SMILES string of the molecule is O=C(COc1ccc(N2C(=O)C3C4C=CS5(CC45)C3C2=O)c(F)c1)c1ccc(Cl)c(Cl)c1. The Morgan fingerprint density at radius 1 is 1.12 bits per heavy atom. The van der Waals surface area contributed by atoms with Crippen LogP contribution in [0.4, 0.5) is 10.1 Å². The number of anilines is 1. The molecule has 5 nitrogen and oxygen atoms in total. The van der Waals surface area contributed by atoms with E-state index in [1.54, 1.807) is 0 Å². The molecule has 0 saturated carbocycles. The summed E-state index contributed by atoms with van der Waals surface area (Å²) < 4.78 is 20.4. The summed E-state index contributed by atoms with van der Waals surface area (Å²) in [7, 11) is -1.17. The summed E-state index contributed by atoms with van der Waals surface area (Å²) in [6, 6.07) is 8.38. The third kappa shape index (κ3) is 2.68. The van der Waals surface area contributed by atoms with Gasteiger partial charge in [-0.25, -0.2) is 19.3 Å². The van der Waals surface area contributed by atoms with Crippen molar-refractivity contribution < 1.29 is 23.5 Å². The van der Waals surface area contributed by atoms with E-state index in [9.17, 15) is 18.8 Å². The van der Waals surface area contributed by atoms with Gasteiger partial charge >= 0.3 is 0 Å². The minimum atomic E-state index is -1.17. The van der Waals surface area contributed by atoms with Gasteiger partial charge in [0.1, 0.15) is 5.75 Å². The number of hydrogen-bond donors (Lipinski definition) is 0. The number of hydrogen-bond acceptors (Lipinski definition) is 4. The molecule has 2 bridgehead atoms. The third-order valence-electron chi connectivity index (χ3n) is 6.84. The van der Waals surface area contributed by atoms with Gasteiger partial charge in [-0.15, -0.1) is 0 Å².